The normalized spacial score (nSPS) is 32.0. The zero-order valence-corrected chi connectivity index (χ0v) is 33.0. The molecule has 0 saturated carbocycles. The molecule has 5 N–H and O–H groups in total. The Hall–Kier alpha value is -5.44. The number of ether oxygens (including phenoxy) is 4. The van der Waals surface area contributed by atoms with Crippen molar-refractivity contribution < 1.29 is 62.0 Å². The number of carbonyl (C=O) groups is 3. The smallest absolute Gasteiger partial charge is 0.312 e. The molecule has 1 amide bonds. The van der Waals surface area contributed by atoms with Gasteiger partial charge in [-0.3, -0.25) is 18.8 Å². The summed E-state index contributed by atoms with van der Waals surface area (Å²) in [6, 6.07) is -1.62. The lowest BCUT2D eigenvalue weighted by Gasteiger charge is -2.38. The molecule has 3 aliphatic rings. The van der Waals surface area contributed by atoms with Crippen LogP contribution in [0.5, 0.6) is 17.2 Å². The third kappa shape index (κ3) is 7.10. The minimum Gasteiger partial charge on any atom is -0.507 e. The maximum Gasteiger partial charge on any atom is 0.312 e. The number of hydrogen-bond donors (Lipinski definition) is 5. The van der Waals surface area contributed by atoms with E-state index in [1.807, 2.05) is 0 Å². The second kappa shape index (κ2) is 15.5. The first kappa shape index (κ1) is 33.7. The number of ketones is 1. The molecule has 14 heteroatoms. The lowest BCUT2D eigenvalue weighted by Crippen LogP contribution is -2.46. The van der Waals surface area contributed by atoms with Crippen LogP contribution in [0.15, 0.2) is 54.4 Å². The molecule has 5 heterocycles. The maximum absolute atomic E-state index is 14.7. The molecule has 9 atom stereocenters. The number of anilines is 1. The van der Waals surface area contributed by atoms with Gasteiger partial charge in [0.15, 0.2) is 5.75 Å². The summed E-state index contributed by atoms with van der Waals surface area (Å²) in [5, 5.41) is 48.8. The van der Waals surface area contributed by atoms with Gasteiger partial charge in [-0.1, -0.05) is 45.9 Å². The van der Waals surface area contributed by atoms with Crippen molar-refractivity contribution in [1.82, 2.24) is 9.38 Å². The zero-order chi connectivity index (χ0) is 46.9. The highest BCUT2D eigenvalue weighted by Gasteiger charge is 2.50. The van der Waals surface area contributed by atoms with Gasteiger partial charge < -0.3 is 44.7 Å². The zero-order valence-electron chi connectivity index (χ0n) is 39.0. The largest absolute Gasteiger partial charge is 0.507 e. The summed E-state index contributed by atoms with van der Waals surface area (Å²) in [7, 11) is 1.40. The molecular weight excluding hydrogens is 734 g/mol. The molecule has 7 rings (SSSR count). The van der Waals surface area contributed by atoms with E-state index in [9.17, 15) is 34.8 Å². The number of hydrogen-bond acceptors (Lipinski definition) is 12. The number of nitrogens with zero attached hydrogens (tertiary/aromatic N) is 2. The van der Waals surface area contributed by atoms with Crippen LogP contribution in [0.25, 0.3) is 27.5 Å². The predicted molar refractivity (Wildman–Crippen MR) is 213 cm³/mol. The van der Waals surface area contributed by atoms with E-state index < -0.39 is 125 Å². The van der Waals surface area contributed by atoms with Crippen molar-refractivity contribution in [3.63, 3.8) is 0 Å². The minimum absolute atomic E-state index is 0.0317. The number of aromatic nitrogens is 2. The summed E-state index contributed by atoms with van der Waals surface area (Å²) < 4.78 is 75.2. The summed E-state index contributed by atoms with van der Waals surface area (Å²) in [4.78, 5) is 45.6. The Morgan fingerprint density at radius 3 is 2.44 bits per heavy atom. The number of aromatic hydroxyl groups is 2. The summed E-state index contributed by atoms with van der Waals surface area (Å²) >= 11 is 0. The molecule has 0 radical (unpaired) electrons. The molecule has 57 heavy (non-hydrogen) atoms. The molecule has 304 valence electrons. The quantitative estimate of drug-likeness (QED) is 0.115. The van der Waals surface area contributed by atoms with Gasteiger partial charge in [-0.2, -0.15) is 0 Å². The number of carbonyl (C=O) groups excluding carboxylic acids is 3. The van der Waals surface area contributed by atoms with E-state index in [4.69, 9.17) is 27.2 Å². The summed E-state index contributed by atoms with van der Waals surface area (Å²) in [5.74, 6) is -8.76. The van der Waals surface area contributed by atoms with Gasteiger partial charge in [0, 0.05) is 71.4 Å². The minimum atomic E-state index is -3.03. The number of esters is 1. The Balaban J connectivity index is 1.66. The van der Waals surface area contributed by atoms with Crippen LogP contribution in [0.1, 0.15) is 78.2 Å². The number of rotatable bonds is 2. The summed E-state index contributed by atoms with van der Waals surface area (Å²) in [5.41, 5.74) is -2.53. The number of phenols is 2. The number of methoxy groups -OCH3 is 1. The van der Waals surface area contributed by atoms with Crippen molar-refractivity contribution in [2.24, 2.45) is 23.7 Å². The number of allylic oxidation sites excluding steroid dienone is 2. The summed E-state index contributed by atoms with van der Waals surface area (Å²) in [6.45, 7) is 9.09. The Labute approximate surface area is 338 Å². The lowest BCUT2D eigenvalue weighted by molar-refractivity contribution is -0.160. The first-order chi connectivity index (χ1) is 29.3. The standard InChI is InChI=1S/C43H51N3O11/c1-19-14-16-46-28(18-19)44-32-29-30-37(50)25(7)40-31(29)41(52)43(9,57-40)55-17-15-27(54-10)22(4)39(56-26(8)47)24(6)36(49)23(5)35(48)20(2)12-11-13-21(3)42(53)45-33(34(32)46)38(30)51/h11-18,20,22-24,27,35-36,39,48-51H,1-10H3,(H,45,53)/b12-11-,17-15?,21-13-/t20-,22+,23+,24+,27-,35-,36+,39+,43-/m0/s1/i1D3,14D,16D,18D. The maximum atomic E-state index is 14.7. The van der Waals surface area contributed by atoms with Crippen LogP contribution in [0, 0.1) is 37.4 Å². The first-order valence-corrected chi connectivity index (χ1v) is 18.5. The molecule has 2 aromatic carbocycles. The van der Waals surface area contributed by atoms with Gasteiger partial charge in [0.05, 0.1) is 39.6 Å². The van der Waals surface area contributed by atoms with Crippen molar-refractivity contribution >= 4 is 50.8 Å². The second-order valence-electron chi connectivity index (χ2n) is 15.1. The number of imidazole rings is 1. The molecule has 5 bridgehead atoms. The van der Waals surface area contributed by atoms with Gasteiger partial charge in [-0.15, -0.1) is 0 Å². The van der Waals surface area contributed by atoms with Crippen LogP contribution >= 0.6 is 0 Å². The number of fused-ring (bicyclic) bond motifs is 14. The van der Waals surface area contributed by atoms with Crippen LogP contribution in [-0.4, -0.2) is 84.8 Å². The monoisotopic (exact) mass is 791 g/mol. The molecule has 0 saturated heterocycles. The van der Waals surface area contributed by atoms with Crippen LogP contribution in [-0.2, 0) is 23.8 Å². The Morgan fingerprint density at radius 2 is 1.77 bits per heavy atom. The fourth-order valence-electron chi connectivity index (χ4n) is 7.74. The number of benzene rings is 2. The van der Waals surface area contributed by atoms with Crippen LogP contribution in [0.2, 0.25) is 0 Å². The number of pyridine rings is 1. The number of amides is 1. The van der Waals surface area contributed by atoms with E-state index in [-0.39, 0.29) is 44.3 Å². The average Bonchev–Trinajstić information content (AvgIpc) is 3.74. The van der Waals surface area contributed by atoms with E-state index in [1.165, 1.54) is 53.0 Å². The Morgan fingerprint density at radius 1 is 1.05 bits per heavy atom. The van der Waals surface area contributed by atoms with Crippen LogP contribution in [0.3, 0.4) is 0 Å². The molecule has 0 spiro atoms. The SMILES string of the molecule is [2H]c1c(C([2H])([2H])[2H])c([2H])c2nc3c4c5c6c(C)c(O)c4c(O)c(c3n2c1[2H])NC(=O)/C(C)=C\C=C/[C@H](C)[C@H](O)[C@@H](C)[C@@H](O)[C@@H](C)[C@H](OC(C)=O)[C@H](C)[C@@H](OC)C=CO[C@@](C)(O6)C5=O. The number of nitrogens with one attached hydrogen (secondary N) is 1. The van der Waals surface area contributed by atoms with Gasteiger partial charge in [0.2, 0.25) is 0 Å². The fourth-order valence-corrected chi connectivity index (χ4v) is 7.74. The van der Waals surface area contributed by atoms with Crippen molar-refractivity contribution in [2.75, 3.05) is 12.4 Å². The van der Waals surface area contributed by atoms with Crippen LogP contribution < -0.4 is 10.1 Å². The highest BCUT2D eigenvalue weighted by atomic mass is 16.7. The van der Waals surface area contributed by atoms with E-state index in [1.54, 1.807) is 33.8 Å². The van der Waals surface area contributed by atoms with E-state index in [0.29, 0.717) is 0 Å². The van der Waals surface area contributed by atoms with Crippen molar-refractivity contribution in [3.05, 3.63) is 71.1 Å². The molecule has 0 unspecified atom stereocenters. The summed E-state index contributed by atoms with van der Waals surface area (Å²) in [6.07, 6.45) is 2.21. The third-order valence-electron chi connectivity index (χ3n) is 11.2. The van der Waals surface area contributed by atoms with E-state index in [2.05, 4.69) is 10.3 Å². The van der Waals surface area contributed by atoms with Crippen molar-refractivity contribution in [1.29, 1.82) is 0 Å². The first-order valence-electron chi connectivity index (χ1n) is 21.5. The third-order valence-corrected chi connectivity index (χ3v) is 11.2. The van der Waals surface area contributed by atoms with Gasteiger partial charge in [-0.25, -0.2) is 4.98 Å². The predicted octanol–water partition coefficient (Wildman–Crippen LogP) is 6.16. The topological polar surface area (TPSA) is 198 Å². The Kier molecular flexibility index (Phi) is 9.15. The lowest BCUT2D eigenvalue weighted by atomic mass is 9.78. The van der Waals surface area contributed by atoms with Gasteiger partial charge in [0.25, 0.3) is 11.7 Å². The highest BCUT2D eigenvalue weighted by molar-refractivity contribution is 6.28. The van der Waals surface area contributed by atoms with Gasteiger partial charge >= 0.3 is 11.8 Å². The molecule has 14 nitrogen and oxygen atoms in total. The van der Waals surface area contributed by atoms with Crippen molar-refractivity contribution in [2.45, 2.75) is 92.4 Å². The molecule has 0 aliphatic carbocycles. The number of aliphatic hydroxyl groups excluding tert-OH is 2. The van der Waals surface area contributed by atoms with Crippen molar-refractivity contribution in [3.8, 4) is 17.2 Å². The van der Waals surface area contributed by atoms with Crippen LogP contribution in [0.4, 0.5) is 5.69 Å². The van der Waals surface area contributed by atoms with E-state index >= 15 is 0 Å². The van der Waals surface area contributed by atoms with Gasteiger partial charge in [-0.05, 0) is 44.4 Å². The van der Waals surface area contributed by atoms with Gasteiger partial charge in [0.1, 0.15) is 40.0 Å². The average molecular weight is 792 g/mol. The fraction of sp³-hybridized carbons (Fsp3) is 0.442. The number of aliphatic hydroxyl groups is 2. The Bertz CT molecular complexity index is 2660. The number of phenolic OH excluding ortho intramolecular Hbond substituents is 2. The highest BCUT2D eigenvalue weighted by Crippen LogP contribution is 2.54. The molecule has 3 aliphatic heterocycles. The molecule has 0 fully saturated rings. The molecule has 2 aromatic heterocycles. The number of Topliss-reactive ketones (excluding diaryl/α,β-unsaturated/α-hetero) is 1. The molecule has 4 aromatic rings. The molecular formula is C43H51N3O11. The van der Waals surface area contributed by atoms with E-state index in [0.717, 1.165) is 10.7 Å². The second-order valence-corrected chi connectivity index (χ2v) is 15.1.